The number of rotatable bonds is 5. The van der Waals surface area contributed by atoms with Gasteiger partial charge in [0.15, 0.2) is 15.8 Å². The van der Waals surface area contributed by atoms with Crippen LogP contribution in [0.15, 0.2) is 22.5 Å². The number of ether oxygens (including phenoxy) is 1. The molecule has 32 heavy (non-hydrogen) atoms. The lowest BCUT2D eigenvalue weighted by Gasteiger charge is -2.26. The molecule has 15 heteroatoms. The van der Waals surface area contributed by atoms with Crippen molar-refractivity contribution in [2.24, 2.45) is 0 Å². The molecule has 1 aromatic carbocycles. The second-order valence-electron chi connectivity index (χ2n) is 6.85. The molecule has 0 saturated carbocycles. The number of alkyl halides is 3. The first kappa shape index (κ1) is 25.7. The molecule has 0 spiro atoms. The van der Waals surface area contributed by atoms with E-state index < -0.39 is 44.3 Å². The van der Waals surface area contributed by atoms with E-state index in [1.165, 1.54) is 13.1 Å². The van der Waals surface area contributed by atoms with E-state index in [4.69, 9.17) is 14.6 Å². The zero-order valence-corrected chi connectivity index (χ0v) is 18.2. The Kier molecular flexibility index (Phi) is 7.67. The molecule has 3 rings (SSSR count). The van der Waals surface area contributed by atoms with E-state index >= 15 is 0 Å². The Hall–Kier alpha value is -2.52. The Morgan fingerprint density at radius 2 is 2.00 bits per heavy atom. The van der Waals surface area contributed by atoms with Crippen LogP contribution in [0.4, 0.5) is 27.1 Å². The fraction of sp³-hybridized carbons (Fsp3) is 0.412. The molecule has 0 amide bonds. The van der Waals surface area contributed by atoms with Gasteiger partial charge in [0, 0.05) is 36.2 Å². The number of halogens is 5. The van der Waals surface area contributed by atoms with Crippen molar-refractivity contribution in [1.82, 2.24) is 10.3 Å². The van der Waals surface area contributed by atoms with Crippen LogP contribution in [0.3, 0.4) is 0 Å². The average molecular weight is 503 g/mol. The van der Waals surface area contributed by atoms with E-state index in [9.17, 15) is 30.4 Å². The molecule has 2 heterocycles. The van der Waals surface area contributed by atoms with Crippen LogP contribution in [0.5, 0.6) is 5.75 Å². The minimum atomic E-state index is -5.08. The van der Waals surface area contributed by atoms with Crippen molar-refractivity contribution in [2.45, 2.75) is 36.9 Å². The number of carboxylic acid groups (broad SMARTS) is 1. The highest BCUT2D eigenvalue weighted by molar-refractivity contribution is 7.93. The number of nitrogens with zero attached hydrogens (tertiary/aromatic N) is 1. The topological polar surface area (TPSA) is 118 Å². The van der Waals surface area contributed by atoms with Gasteiger partial charge in [-0.05, 0) is 20.4 Å². The summed E-state index contributed by atoms with van der Waals surface area (Å²) in [6.07, 6.45) is -3.02. The summed E-state index contributed by atoms with van der Waals surface area (Å²) in [6.45, 7) is 4.47. The summed E-state index contributed by atoms with van der Waals surface area (Å²) in [5.74, 6) is -5.15. The molecule has 3 N–H and O–H groups in total. The van der Waals surface area contributed by atoms with Gasteiger partial charge in [-0.1, -0.05) is 0 Å². The summed E-state index contributed by atoms with van der Waals surface area (Å²) in [5.41, 5.74) is -0.655. The van der Waals surface area contributed by atoms with Gasteiger partial charge in [0.05, 0.1) is 0 Å². The van der Waals surface area contributed by atoms with Gasteiger partial charge in [-0.15, -0.1) is 11.3 Å². The summed E-state index contributed by atoms with van der Waals surface area (Å²) in [7, 11) is -4.45. The maximum absolute atomic E-state index is 14.7. The molecule has 8 nitrogen and oxygen atoms in total. The number of aliphatic carboxylic acids is 1. The second kappa shape index (κ2) is 9.54. The van der Waals surface area contributed by atoms with Gasteiger partial charge in [0.25, 0.3) is 10.0 Å². The molecule has 1 atom stereocenters. The Balaban J connectivity index is 0.000000451. The SMILES string of the molecule is Cc1c(OC2(C)CCNC2)cc(F)c(S(=O)(=O)Nc2nccs2)c1F.O=C(O)C(F)(F)F. The van der Waals surface area contributed by atoms with Crippen LogP contribution in [0, 0.1) is 18.6 Å². The first-order valence-corrected chi connectivity index (χ1v) is 11.1. The Morgan fingerprint density at radius 3 is 2.47 bits per heavy atom. The molecule has 2 aromatic rings. The highest BCUT2D eigenvalue weighted by Gasteiger charge is 2.38. The zero-order chi connectivity index (χ0) is 24.3. The van der Waals surface area contributed by atoms with Crippen LogP contribution in [-0.2, 0) is 14.8 Å². The molecule has 0 aliphatic carbocycles. The summed E-state index contributed by atoms with van der Waals surface area (Å²) in [5, 5.41) is 11.8. The highest BCUT2D eigenvalue weighted by Crippen LogP contribution is 2.33. The monoisotopic (exact) mass is 503 g/mol. The third-order valence-corrected chi connectivity index (χ3v) is 6.42. The van der Waals surface area contributed by atoms with Crippen LogP contribution in [-0.4, -0.2) is 49.3 Å². The Morgan fingerprint density at radius 1 is 1.38 bits per heavy atom. The lowest BCUT2D eigenvalue weighted by atomic mass is 10.1. The van der Waals surface area contributed by atoms with Crippen molar-refractivity contribution in [3.63, 3.8) is 0 Å². The van der Waals surface area contributed by atoms with Gasteiger partial charge in [0.1, 0.15) is 17.2 Å². The summed E-state index contributed by atoms with van der Waals surface area (Å²) in [4.78, 5) is 11.6. The van der Waals surface area contributed by atoms with Crippen molar-refractivity contribution in [3.05, 3.63) is 34.8 Å². The van der Waals surface area contributed by atoms with Crippen LogP contribution in [0.1, 0.15) is 18.9 Å². The summed E-state index contributed by atoms with van der Waals surface area (Å²) in [6, 6.07) is 0.915. The third-order valence-electron chi connectivity index (χ3n) is 4.22. The molecule has 178 valence electrons. The predicted octanol–water partition coefficient (Wildman–Crippen LogP) is 3.29. The molecular weight excluding hydrogens is 485 g/mol. The van der Waals surface area contributed by atoms with E-state index in [1.54, 1.807) is 5.38 Å². The fourth-order valence-corrected chi connectivity index (χ4v) is 4.59. The van der Waals surface area contributed by atoms with Gasteiger partial charge in [-0.2, -0.15) is 13.2 Å². The summed E-state index contributed by atoms with van der Waals surface area (Å²) < 4.78 is 93.4. The fourth-order valence-electron chi connectivity index (χ4n) is 2.61. The minimum absolute atomic E-state index is 0.00519. The molecule has 1 aliphatic heterocycles. The number of hydrogen-bond donors (Lipinski definition) is 3. The number of nitrogens with one attached hydrogen (secondary N) is 2. The molecule has 0 bridgehead atoms. The van der Waals surface area contributed by atoms with Gasteiger partial charge >= 0.3 is 12.1 Å². The molecule has 1 aliphatic rings. The van der Waals surface area contributed by atoms with Crippen molar-refractivity contribution in [2.75, 3.05) is 17.8 Å². The van der Waals surface area contributed by atoms with Gasteiger partial charge in [0.2, 0.25) is 0 Å². The number of carbonyl (C=O) groups is 1. The maximum atomic E-state index is 14.7. The van der Waals surface area contributed by atoms with Crippen molar-refractivity contribution in [3.8, 4) is 5.75 Å². The average Bonchev–Trinajstić information content (AvgIpc) is 3.30. The largest absolute Gasteiger partial charge is 0.490 e. The Bertz CT molecular complexity index is 1070. The van der Waals surface area contributed by atoms with E-state index in [-0.39, 0.29) is 16.4 Å². The van der Waals surface area contributed by atoms with Gasteiger partial charge in [-0.25, -0.2) is 27.0 Å². The molecule has 1 aromatic heterocycles. The highest BCUT2D eigenvalue weighted by atomic mass is 32.2. The van der Waals surface area contributed by atoms with E-state index in [1.807, 2.05) is 6.92 Å². The van der Waals surface area contributed by atoms with Crippen LogP contribution in [0.2, 0.25) is 0 Å². The molecule has 0 radical (unpaired) electrons. The number of sulfonamides is 1. The number of carboxylic acids is 1. The minimum Gasteiger partial charge on any atom is -0.486 e. The van der Waals surface area contributed by atoms with E-state index in [0.29, 0.717) is 13.0 Å². The number of hydrogen-bond acceptors (Lipinski definition) is 7. The second-order valence-corrected chi connectivity index (χ2v) is 9.36. The quantitative estimate of drug-likeness (QED) is 0.536. The van der Waals surface area contributed by atoms with E-state index in [0.717, 1.165) is 23.9 Å². The zero-order valence-electron chi connectivity index (χ0n) is 16.6. The van der Waals surface area contributed by atoms with Crippen LogP contribution >= 0.6 is 11.3 Å². The standard InChI is InChI=1S/C15H17F2N3O3S2.C2HF3O2/c1-9-11(23-15(2)3-4-18-8-15)7-10(16)13(12(9)17)25(21,22)20-14-19-5-6-24-14;3-2(4,5)1(6)7/h5-7,18H,3-4,8H2,1-2H3,(H,19,20);(H,6,7). The van der Waals surface area contributed by atoms with Crippen molar-refractivity contribution >= 4 is 32.5 Å². The number of thiazole rings is 1. The number of benzene rings is 1. The lowest BCUT2D eigenvalue weighted by Crippen LogP contribution is -2.35. The smallest absolute Gasteiger partial charge is 0.486 e. The third kappa shape index (κ3) is 6.26. The van der Waals surface area contributed by atoms with E-state index in [2.05, 4.69) is 15.0 Å². The van der Waals surface area contributed by atoms with Gasteiger partial charge < -0.3 is 15.2 Å². The molecular formula is C17H18F5N3O5S2. The van der Waals surface area contributed by atoms with Crippen LogP contribution in [0.25, 0.3) is 0 Å². The first-order chi connectivity index (χ1) is 14.7. The first-order valence-electron chi connectivity index (χ1n) is 8.77. The van der Waals surface area contributed by atoms with Gasteiger partial charge in [-0.3, -0.25) is 4.72 Å². The lowest BCUT2D eigenvalue weighted by molar-refractivity contribution is -0.192. The Labute approximate surface area is 183 Å². The van der Waals surface area contributed by atoms with Crippen molar-refractivity contribution in [1.29, 1.82) is 0 Å². The summed E-state index contributed by atoms with van der Waals surface area (Å²) >= 11 is 1.01. The maximum Gasteiger partial charge on any atom is 0.490 e. The predicted molar refractivity (Wildman–Crippen MR) is 104 cm³/mol. The molecule has 1 unspecified atom stereocenters. The normalized spacial score (nSPS) is 18.6. The number of aromatic nitrogens is 1. The van der Waals surface area contributed by atoms with Crippen LogP contribution < -0.4 is 14.8 Å². The van der Waals surface area contributed by atoms with Crippen molar-refractivity contribution < 1.29 is 45.0 Å². The molecule has 1 saturated heterocycles. The number of anilines is 1. The molecule has 1 fully saturated rings.